The standard InChI is InChI=1S/C7H8BrN3O2/c1-10(2)7-6(8)3-5(4-9-7)11(12)13/h3-4H,1-2H3. The van der Waals surface area contributed by atoms with Crippen LogP contribution in [0.15, 0.2) is 16.7 Å². The molecule has 0 spiro atoms. The maximum absolute atomic E-state index is 10.4. The van der Waals surface area contributed by atoms with Crippen molar-refractivity contribution in [2.45, 2.75) is 0 Å². The van der Waals surface area contributed by atoms with Crippen LogP contribution in [0.2, 0.25) is 0 Å². The average molecular weight is 246 g/mol. The number of hydrogen-bond acceptors (Lipinski definition) is 4. The van der Waals surface area contributed by atoms with Gasteiger partial charge in [0, 0.05) is 20.2 Å². The molecule has 70 valence electrons. The molecule has 13 heavy (non-hydrogen) atoms. The Hall–Kier alpha value is -1.17. The van der Waals surface area contributed by atoms with Gasteiger partial charge in [0.05, 0.1) is 9.40 Å². The molecule has 0 amide bonds. The van der Waals surface area contributed by atoms with Gasteiger partial charge in [-0.1, -0.05) is 0 Å². The van der Waals surface area contributed by atoms with Crippen LogP contribution >= 0.6 is 15.9 Å². The number of nitrogens with zero attached hydrogens (tertiary/aromatic N) is 3. The second kappa shape index (κ2) is 3.69. The molecule has 1 aromatic heterocycles. The third kappa shape index (κ3) is 2.15. The Kier molecular flexibility index (Phi) is 2.82. The number of aromatic nitrogens is 1. The minimum absolute atomic E-state index is 0.0162. The summed E-state index contributed by atoms with van der Waals surface area (Å²) in [5.74, 6) is 0.672. The van der Waals surface area contributed by atoms with Crippen LogP contribution in [0.4, 0.5) is 11.5 Å². The van der Waals surface area contributed by atoms with Crippen molar-refractivity contribution in [3.8, 4) is 0 Å². The molecule has 0 aliphatic heterocycles. The van der Waals surface area contributed by atoms with E-state index in [1.807, 2.05) is 14.1 Å². The minimum atomic E-state index is -0.475. The lowest BCUT2D eigenvalue weighted by atomic mass is 10.4. The van der Waals surface area contributed by atoms with Crippen molar-refractivity contribution in [3.05, 3.63) is 26.9 Å². The summed E-state index contributed by atoms with van der Waals surface area (Å²) in [6, 6.07) is 1.43. The first kappa shape index (κ1) is 9.91. The zero-order chi connectivity index (χ0) is 10.0. The highest BCUT2D eigenvalue weighted by Crippen LogP contribution is 2.25. The van der Waals surface area contributed by atoms with E-state index < -0.39 is 4.92 Å². The maximum atomic E-state index is 10.4. The van der Waals surface area contributed by atoms with E-state index in [0.717, 1.165) is 0 Å². The van der Waals surface area contributed by atoms with Crippen molar-refractivity contribution in [1.82, 2.24) is 4.98 Å². The molecule has 6 heteroatoms. The predicted octanol–water partition coefficient (Wildman–Crippen LogP) is 1.82. The van der Waals surface area contributed by atoms with Crippen LogP contribution in [0, 0.1) is 10.1 Å². The first-order valence-electron chi connectivity index (χ1n) is 3.49. The van der Waals surface area contributed by atoms with Crippen LogP contribution in [0.3, 0.4) is 0 Å². The summed E-state index contributed by atoms with van der Waals surface area (Å²) in [7, 11) is 3.64. The van der Waals surface area contributed by atoms with Gasteiger partial charge in [0.25, 0.3) is 5.69 Å². The van der Waals surface area contributed by atoms with E-state index in [-0.39, 0.29) is 5.69 Å². The SMILES string of the molecule is CN(C)c1ncc([N+](=O)[O-])cc1Br. The first-order chi connectivity index (χ1) is 6.02. The van der Waals surface area contributed by atoms with Crippen LogP contribution in [0.5, 0.6) is 0 Å². The molecule has 1 rings (SSSR count). The van der Waals surface area contributed by atoms with Gasteiger partial charge < -0.3 is 4.90 Å². The van der Waals surface area contributed by atoms with Crippen LogP contribution in [-0.2, 0) is 0 Å². The smallest absolute Gasteiger partial charge is 0.288 e. The number of hydrogen-bond donors (Lipinski definition) is 0. The third-order valence-electron chi connectivity index (χ3n) is 1.44. The molecule has 0 atom stereocenters. The molecule has 0 radical (unpaired) electrons. The molecule has 1 aromatic rings. The third-order valence-corrected chi connectivity index (χ3v) is 2.03. The zero-order valence-electron chi connectivity index (χ0n) is 7.19. The van der Waals surface area contributed by atoms with Crippen molar-refractivity contribution in [1.29, 1.82) is 0 Å². The van der Waals surface area contributed by atoms with Crippen LogP contribution < -0.4 is 4.90 Å². The van der Waals surface area contributed by atoms with Gasteiger partial charge in [0.15, 0.2) is 0 Å². The summed E-state index contributed by atoms with van der Waals surface area (Å²) in [6.07, 6.45) is 1.24. The fourth-order valence-electron chi connectivity index (χ4n) is 0.850. The lowest BCUT2D eigenvalue weighted by molar-refractivity contribution is -0.385. The molecule has 1 heterocycles. The molecule has 0 aliphatic rings. The summed E-state index contributed by atoms with van der Waals surface area (Å²) in [4.78, 5) is 15.6. The van der Waals surface area contributed by atoms with Crippen molar-refractivity contribution >= 4 is 27.4 Å². The predicted molar refractivity (Wildman–Crippen MR) is 52.9 cm³/mol. The highest BCUT2D eigenvalue weighted by molar-refractivity contribution is 9.10. The zero-order valence-corrected chi connectivity index (χ0v) is 8.78. The Morgan fingerprint density at radius 3 is 2.62 bits per heavy atom. The summed E-state index contributed by atoms with van der Waals surface area (Å²) in [5.41, 5.74) is -0.0162. The molecule has 5 nitrogen and oxygen atoms in total. The van der Waals surface area contributed by atoms with E-state index in [1.54, 1.807) is 4.90 Å². The topological polar surface area (TPSA) is 59.3 Å². The molecule has 0 N–H and O–H groups in total. The van der Waals surface area contributed by atoms with Crippen molar-refractivity contribution in [3.63, 3.8) is 0 Å². The summed E-state index contributed by atoms with van der Waals surface area (Å²) < 4.78 is 0.617. The molecular weight excluding hydrogens is 238 g/mol. The summed E-state index contributed by atoms with van der Waals surface area (Å²) in [6.45, 7) is 0. The van der Waals surface area contributed by atoms with E-state index in [2.05, 4.69) is 20.9 Å². The molecule has 0 saturated heterocycles. The van der Waals surface area contributed by atoms with Crippen LogP contribution in [0.25, 0.3) is 0 Å². The van der Waals surface area contributed by atoms with E-state index in [1.165, 1.54) is 12.3 Å². The van der Waals surface area contributed by atoms with Crippen molar-refractivity contribution in [2.24, 2.45) is 0 Å². The van der Waals surface area contributed by atoms with E-state index >= 15 is 0 Å². The minimum Gasteiger partial charge on any atom is -0.362 e. The highest BCUT2D eigenvalue weighted by atomic mass is 79.9. The van der Waals surface area contributed by atoms with Gasteiger partial charge in [-0.25, -0.2) is 4.98 Å². The molecule has 0 aromatic carbocycles. The second-order valence-corrected chi connectivity index (χ2v) is 3.50. The van der Waals surface area contributed by atoms with Gasteiger partial charge in [0.2, 0.25) is 0 Å². The lowest BCUT2D eigenvalue weighted by Gasteiger charge is -2.11. The number of nitro groups is 1. The van der Waals surface area contributed by atoms with Gasteiger partial charge in [-0.2, -0.15) is 0 Å². The molecule has 0 aliphatic carbocycles. The Morgan fingerprint density at radius 2 is 2.23 bits per heavy atom. The number of halogens is 1. The van der Waals surface area contributed by atoms with E-state index in [4.69, 9.17) is 0 Å². The van der Waals surface area contributed by atoms with Gasteiger partial charge in [-0.05, 0) is 15.9 Å². The summed E-state index contributed by atoms with van der Waals surface area (Å²) in [5, 5.41) is 10.4. The molecule has 0 fully saturated rings. The highest BCUT2D eigenvalue weighted by Gasteiger charge is 2.10. The molecule has 0 unspecified atom stereocenters. The first-order valence-corrected chi connectivity index (χ1v) is 4.29. The largest absolute Gasteiger partial charge is 0.362 e. The van der Waals surface area contributed by atoms with Crippen LogP contribution in [-0.4, -0.2) is 24.0 Å². The molecule has 0 bridgehead atoms. The van der Waals surface area contributed by atoms with Gasteiger partial charge >= 0.3 is 0 Å². The fourth-order valence-corrected chi connectivity index (χ4v) is 1.54. The number of rotatable bonds is 2. The monoisotopic (exact) mass is 245 g/mol. The average Bonchev–Trinajstić information content (AvgIpc) is 2.03. The quantitative estimate of drug-likeness (QED) is 0.589. The van der Waals surface area contributed by atoms with Crippen LogP contribution in [0.1, 0.15) is 0 Å². The second-order valence-electron chi connectivity index (χ2n) is 2.65. The van der Waals surface area contributed by atoms with E-state index in [9.17, 15) is 10.1 Å². The summed E-state index contributed by atoms with van der Waals surface area (Å²) >= 11 is 3.21. The van der Waals surface area contributed by atoms with E-state index in [0.29, 0.717) is 10.3 Å². The lowest BCUT2D eigenvalue weighted by Crippen LogP contribution is -2.11. The Labute approximate surface area is 83.7 Å². The molecular formula is C7H8BrN3O2. The van der Waals surface area contributed by atoms with Gasteiger partial charge in [-0.3, -0.25) is 10.1 Å². The fraction of sp³-hybridized carbons (Fsp3) is 0.286. The van der Waals surface area contributed by atoms with Gasteiger partial charge in [0.1, 0.15) is 12.0 Å². The Bertz CT molecular complexity index is 341. The van der Waals surface area contributed by atoms with Crippen molar-refractivity contribution in [2.75, 3.05) is 19.0 Å². The molecule has 0 saturated carbocycles. The number of anilines is 1. The number of pyridine rings is 1. The Morgan fingerprint density at radius 1 is 1.62 bits per heavy atom. The maximum Gasteiger partial charge on any atom is 0.288 e. The normalized spacial score (nSPS) is 9.77. The Balaban J connectivity index is 3.13. The van der Waals surface area contributed by atoms with Gasteiger partial charge in [-0.15, -0.1) is 0 Å². The van der Waals surface area contributed by atoms with Crippen molar-refractivity contribution < 1.29 is 4.92 Å².